The summed E-state index contributed by atoms with van der Waals surface area (Å²) in [5.74, 6) is 0.338. The number of aromatic nitrogens is 5. The number of hydrogen-bond acceptors (Lipinski definition) is 14. The number of thiazole rings is 1. The van der Waals surface area contributed by atoms with Gasteiger partial charge in [-0.1, -0.05) is 37.3 Å². The van der Waals surface area contributed by atoms with Crippen LogP contribution in [0.5, 0.6) is 5.75 Å². The van der Waals surface area contributed by atoms with E-state index in [1.165, 1.54) is 31.5 Å². The lowest BCUT2D eigenvalue weighted by molar-refractivity contribution is -0.118. The number of pyridine rings is 1. The van der Waals surface area contributed by atoms with Crippen LogP contribution in [0.1, 0.15) is 83.9 Å². The third kappa shape index (κ3) is 16.0. The fourth-order valence-corrected chi connectivity index (χ4v) is 6.50. The number of fused-ring (bicyclic) bond motifs is 2. The number of imidazole rings is 1. The summed E-state index contributed by atoms with van der Waals surface area (Å²) >= 11 is 1.20. The number of ether oxygens (including phenoxy) is 1. The van der Waals surface area contributed by atoms with E-state index in [0.717, 1.165) is 22.9 Å². The molecule has 5 rings (SSSR count). The Morgan fingerprint density at radius 2 is 1.61 bits per heavy atom. The zero-order chi connectivity index (χ0) is 46.8. The number of unbranched alkanes of at least 4 members (excludes halogenated alkanes) is 1. The lowest BCUT2D eigenvalue weighted by Crippen LogP contribution is -2.18. The molecule has 0 saturated carbocycles. The van der Waals surface area contributed by atoms with Crippen molar-refractivity contribution in [3.05, 3.63) is 81.3 Å². The van der Waals surface area contributed by atoms with Crippen LogP contribution >= 0.6 is 11.3 Å². The molecule has 0 saturated heterocycles. The van der Waals surface area contributed by atoms with Crippen molar-refractivity contribution in [3.63, 3.8) is 0 Å². The average Bonchev–Trinajstić information content (AvgIpc) is 3.90. The van der Waals surface area contributed by atoms with Crippen LogP contribution in [0.4, 0.5) is 0 Å². The monoisotopic (exact) mass is 878 g/mol. The van der Waals surface area contributed by atoms with E-state index in [2.05, 4.69) is 42.8 Å². The fourth-order valence-electron chi connectivity index (χ4n) is 5.46. The molecular formula is C41H58N12O8S. The van der Waals surface area contributed by atoms with Crippen LogP contribution in [0.3, 0.4) is 0 Å². The van der Waals surface area contributed by atoms with Crippen LogP contribution in [-0.4, -0.2) is 88.7 Å². The van der Waals surface area contributed by atoms with Gasteiger partial charge in [-0.05, 0) is 71.1 Å². The van der Waals surface area contributed by atoms with Gasteiger partial charge in [0.15, 0.2) is 16.3 Å². The van der Waals surface area contributed by atoms with Gasteiger partial charge in [-0.25, -0.2) is 15.0 Å². The zero-order valence-corrected chi connectivity index (χ0v) is 37.2. The summed E-state index contributed by atoms with van der Waals surface area (Å²) in [7, 11) is 5.25. The summed E-state index contributed by atoms with van der Waals surface area (Å²) < 4.78 is 16.2. The second-order valence-corrected chi connectivity index (χ2v) is 13.5. The molecule has 0 spiro atoms. The first-order chi connectivity index (χ1) is 29.8. The summed E-state index contributed by atoms with van der Waals surface area (Å²) in [5.41, 5.74) is 22.8. The van der Waals surface area contributed by atoms with Crippen LogP contribution in [0.25, 0.3) is 27.5 Å². The second kappa shape index (κ2) is 28.6. The molecule has 4 aromatic heterocycles. The van der Waals surface area contributed by atoms with Crippen LogP contribution in [0, 0.1) is 13.8 Å². The molecule has 336 valence electrons. The van der Waals surface area contributed by atoms with Gasteiger partial charge in [-0.15, -0.1) is 0 Å². The average molecular weight is 879 g/mol. The minimum absolute atomic E-state index is 0.0815. The number of nitrogens with zero attached hydrogens (tertiary/aromatic N) is 6. The van der Waals surface area contributed by atoms with Gasteiger partial charge in [0.1, 0.15) is 23.4 Å². The number of aldehydes is 1. The number of carbonyl (C=O) groups is 6. The van der Waals surface area contributed by atoms with Crippen molar-refractivity contribution in [3.8, 4) is 5.75 Å². The van der Waals surface area contributed by atoms with Gasteiger partial charge in [-0.2, -0.15) is 4.99 Å². The van der Waals surface area contributed by atoms with Gasteiger partial charge in [0.25, 0.3) is 0 Å². The van der Waals surface area contributed by atoms with Gasteiger partial charge in [0, 0.05) is 51.3 Å². The highest BCUT2D eigenvalue weighted by atomic mass is 32.1. The first-order valence-corrected chi connectivity index (χ1v) is 20.1. The molecule has 20 nitrogen and oxygen atoms in total. The van der Waals surface area contributed by atoms with Crippen molar-refractivity contribution in [1.29, 1.82) is 0 Å². The Balaban J connectivity index is 0.00000159. The summed E-state index contributed by atoms with van der Waals surface area (Å²) in [6.07, 6.45) is 10.5. The Kier molecular flexibility index (Phi) is 24.5. The van der Waals surface area contributed by atoms with Crippen molar-refractivity contribution in [1.82, 2.24) is 34.7 Å². The molecule has 62 heavy (non-hydrogen) atoms. The van der Waals surface area contributed by atoms with E-state index in [1.54, 1.807) is 17.6 Å². The Morgan fingerprint density at radius 1 is 0.984 bits per heavy atom. The van der Waals surface area contributed by atoms with E-state index in [1.807, 2.05) is 69.8 Å². The lowest BCUT2D eigenvalue weighted by atomic mass is 10.2. The molecule has 21 heteroatoms. The SMILES string of the molecule is CC/C(=C\c1nc2cc(C)cc(OCCCC=O)c2n1C/C=C/Cn1c(=NC(=O)c2oc(C)nc2CC)sc2cc(C(N)=O)cnc21)NC(C)=O.CN.CNC.NC=O.NC=O. The number of oxazole rings is 1. The highest BCUT2D eigenvalue weighted by Gasteiger charge is 2.19. The summed E-state index contributed by atoms with van der Waals surface area (Å²) in [6.45, 7) is 9.94. The number of nitrogens with one attached hydrogen (secondary N) is 2. The number of primary amides is 3. The number of carbonyl (C=O) groups excluding carboxylic acids is 6. The third-order valence-electron chi connectivity index (χ3n) is 7.80. The van der Waals surface area contributed by atoms with Crippen molar-refractivity contribution in [2.24, 2.45) is 27.9 Å². The van der Waals surface area contributed by atoms with Crippen LogP contribution in [0.15, 0.2) is 51.7 Å². The topological polar surface area (TPSA) is 314 Å². The number of nitrogens with two attached hydrogens (primary N) is 4. The number of hydrogen-bond donors (Lipinski definition) is 6. The van der Waals surface area contributed by atoms with E-state index in [0.29, 0.717) is 82.8 Å². The molecular weight excluding hydrogens is 821 g/mol. The smallest absolute Gasteiger partial charge is 0.317 e. The fraction of sp³-hybridized carbons (Fsp3) is 0.366. The largest absolute Gasteiger partial charge is 0.491 e. The number of allylic oxidation sites excluding steroid dienone is 3. The first kappa shape index (κ1) is 53.2. The maximum Gasteiger partial charge on any atom is 0.317 e. The minimum Gasteiger partial charge on any atom is -0.491 e. The number of benzene rings is 1. The molecule has 0 bridgehead atoms. The molecule has 0 atom stereocenters. The Bertz CT molecular complexity index is 2390. The van der Waals surface area contributed by atoms with E-state index in [-0.39, 0.29) is 36.6 Å². The second-order valence-electron chi connectivity index (χ2n) is 12.5. The number of aryl methyl sites for hydroxylation is 3. The number of amides is 5. The molecule has 0 fully saturated rings. The molecule has 0 aliphatic carbocycles. The normalized spacial score (nSPS) is 10.9. The quantitative estimate of drug-likeness (QED) is 0.0501. The van der Waals surface area contributed by atoms with Gasteiger partial charge in [0.2, 0.25) is 30.4 Å². The van der Waals surface area contributed by atoms with E-state index in [9.17, 15) is 19.2 Å². The van der Waals surface area contributed by atoms with Crippen molar-refractivity contribution >= 4 is 75.6 Å². The van der Waals surface area contributed by atoms with Gasteiger partial charge in [-0.3, -0.25) is 28.5 Å². The first-order valence-electron chi connectivity index (χ1n) is 19.3. The van der Waals surface area contributed by atoms with Crippen molar-refractivity contribution < 1.29 is 37.9 Å². The van der Waals surface area contributed by atoms with Crippen LogP contribution in [0.2, 0.25) is 0 Å². The summed E-state index contributed by atoms with van der Waals surface area (Å²) in [4.78, 5) is 83.6. The predicted molar refractivity (Wildman–Crippen MR) is 239 cm³/mol. The molecule has 10 N–H and O–H groups in total. The molecule has 0 radical (unpaired) electrons. The molecule has 0 unspecified atom stereocenters. The summed E-state index contributed by atoms with van der Waals surface area (Å²) in [5, 5.41) is 5.63. The lowest BCUT2D eigenvalue weighted by Gasteiger charge is -2.12. The highest BCUT2D eigenvalue weighted by molar-refractivity contribution is 7.16. The van der Waals surface area contributed by atoms with E-state index < -0.39 is 11.8 Å². The van der Waals surface area contributed by atoms with Gasteiger partial charge in [0.05, 0.1) is 28.1 Å². The third-order valence-corrected chi connectivity index (χ3v) is 8.82. The molecule has 5 aromatic rings. The molecule has 4 heterocycles. The molecule has 5 amide bonds. The van der Waals surface area contributed by atoms with Gasteiger partial charge >= 0.3 is 5.91 Å². The van der Waals surface area contributed by atoms with Crippen molar-refractivity contribution in [2.45, 2.75) is 73.4 Å². The molecule has 1 aromatic carbocycles. The Morgan fingerprint density at radius 3 is 2.18 bits per heavy atom. The molecule has 0 aliphatic rings. The Labute approximate surface area is 363 Å². The van der Waals surface area contributed by atoms with Crippen molar-refractivity contribution in [2.75, 3.05) is 27.7 Å². The number of rotatable bonds is 15. The minimum atomic E-state index is -0.618. The molecule has 0 aliphatic heterocycles. The summed E-state index contributed by atoms with van der Waals surface area (Å²) in [6, 6.07) is 5.54. The zero-order valence-electron chi connectivity index (χ0n) is 36.4. The maximum absolute atomic E-state index is 13.3. The van der Waals surface area contributed by atoms with Crippen LogP contribution in [-0.2, 0) is 38.7 Å². The van der Waals surface area contributed by atoms with E-state index >= 15 is 0 Å². The highest BCUT2D eigenvalue weighted by Crippen LogP contribution is 2.30. The van der Waals surface area contributed by atoms with Gasteiger partial charge < -0.3 is 52.1 Å². The van der Waals surface area contributed by atoms with Crippen LogP contribution < -0.4 is 43.1 Å². The Hall–Kier alpha value is -6.84. The van der Waals surface area contributed by atoms with E-state index in [4.69, 9.17) is 29.5 Å². The predicted octanol–water partition coefficient (Wildman–Crippen LogP) is 2.57. The standard InChI is InChI=1S/C36H40N8O6S.C2H7N.2CH3NO.CH5N/c1-6-25(39-22(4)46)19-30-41-27-16-21(3)17-28(49-15-11-10-14-45)31(27)43(30)12-8-9-13-44-34-29(18-24(20-38-34)33(37)47)51-36(44)42-35(48)32-26(7-2)40-23(5)50-32;1-3-2;2*2-1-3;1-2/h8-9,14,16-20H,6-7,10-13,15H2,1-5H3,(H2,37,47)(H,39,46);3H,1-2H3;2*1H,(H2,2,3);2H2,1H3/b9-8+,25-19+,42-36?;;;;. The maximum atomic E-state index is 13.3.